The number of carbonyl (C=O) groups excluding carboxylic acids is 1. The van der Waals surface area contributed by atoms with E-state index in [1.807, 2.05) is 6.92 Å². The Kier molecular flexibility index (Phi) is 5.27. The quantitative estimate of drug-likeness (QED) is 0.538. The lowest BCUT2D eigenvalue weighted by atomic mass is 9.87. The summed E-state index contributed by atoms with van der Waals surface area (Å²) in [6, 6.07) is 11.3. The van der Waals surface area contributed by atoms with Gasteiger partial charge in [0.2, 0.25) is 0 Å². The first-order chi connectivity index (χ1) is 13.3. The van der Waals surface area contributed by atoms with E-state index in [-0.39, 0.29) is 5.57 Å². The molecule has 1 heterocycles. The first kappa shape index (κ1) is 19.7. The van der Waals surface area contributed by atoms with Crippen LogP contribution >= 0.6 is 0 Å². The van der Waals surface area contributed by atoms with Crippen molar-refractivity contribution in [1.82, 2.24) is 0 Å². The molecule has 0 saturated heterocycles. The molecular formula is C21H18F3NO3. The molecule has 0 amide bonds. The van der Waals surface area contributed by atoms with Crippen LogP contribution in [0.25, 0.3) is 0 Å². The minimum Gasteiger partial charge on any atom is -0.497 e. The molecule has 1 unspecified atom stereocenters. The van der Waals surface area contributed by atoms with E-state index < -0.39 is 23.2 Å². The van der Waals surface area contributed by atoms with Crippen molar-refractivity contribution in [3.05, 3.63) is 71.3 Å². The Morgan fingerprint density at radius 1 is 1.04 bits per heavy atom. The molecule has 1 aliphatic rings. The summed E-state index contributed by atoms with van der Waals surface area (Å²) in [7, 11) is 1.53. The number of esters is 1. The topological polar surface area (TPSA) is 47.9 Å². The van der Waals surface area contributed by atoms with Gasteiger partial charge in [0.25, 0.3) is 0 Å². The van der Waals surface area contributed by atoms with Crippen molar-refractivity contribution < 1.29 is 27.4 Å². The van der Waals surface area contributed by atoms with Crippen molar-refractivity contribution in [2.75, 3.05) is 7.11 Å². The predicted octanol–water partition coefficient (Wildman–Crippen LogP) is 4.94. The van der Waals surface area contributed by atoms with Crippen LogP contribution < -0.4 is 9.47 Å². The number of hydrogen-bond acceptors (Lipinski definition) is 4. The third-order valence-electron chi connectivity index (χ3n) is 4.59. The van der Waals surface area contributed by atoms with Crippen LogP contribution in [-0.4, -0.2) is 19.3 Å². The van der Waals surface area contributed by atoms with Gasteiger partial charge in [0.15, 0.2) is 0 Å². The highest BCUT2D eigenvalue weighted by Gasteiger charge is 2.35. The number of halogens is 3. The number of rotatable bonds is 5. The van der Waals surface area contributed by atoms with E-state index in [4.69, 9.17) is 9.47 Å². The monoisotopic (exact) mass is 389 g/mol. The molecule has 0 saturated carbocycles. The van der Waals surface area contributed by atoms with Crippen molar-refractivity contribution in [1.29, 1.82) is 0 Å². The largest absolute Gasteiger partial charge is 0.497 e. The third kappa shape index (κ3) is 3.93. The Hall–Kier alpha value is -3.09. The maximum absolute atomic E-state index is 12.8. The molecule has 4 nitrogen and oxygen atoms in total. The zero-order valence-electron chi connectivity index (χ0n) is 15.3. The number of hydrogen-bond donors (Lipinski definition) is 0. The van der Waals surface area contributed by atoms with Crippen molar-refractivity contribution >= 4 is 12.2 Å². The van der Waals surface area contributed by atoms with Gasteiger partial charge in [-0.05, 0) is 54.5 Å². The molecule has 28 heavy (non-hydrogen) atoms. The van der Waals surface area contributed by atoms with Crippen molar-refractivity contribution in [2.24, 2.45) is 4.99 Å². The third-order valence-corrected chi connectivity index (χ3v) is 4.59. The predicted molar refractivity (Wildman–Crippen MR) is 98.6 cm³/mol. The highest BCUT2D eigenvalue weighted by molar-refractivity contribution is 6.11. The lowest BCUT2D eigenvalue weighted by Gasteiger charge is -2.23. The molecule has 3 rings (SSSR count). The molecule has 0 aliphatic carbocycles. The second-order valence-corrected chi connectivity index (χ2v) is 6.28. The maximum atomic E-state index is 12.8. The molecular weight excluding hydrogens is 371 g/mol. The Balaban J connectivity index is 1.81. The molecule has 146 valence electrons. The van der Waals surface area contributed by atoms with E-state index in [1.54, 1.807) is 30.3 Å². The van der Waals surface area contributed by atoms with E-state index in [9.17, 15) is 18.0 Å². The summed E-state index contributed by atoms with van der Waals surface area (Å²) in [5.74, 6) is 0.397. The number of alkyl halides is 3. The molecule has 7 heteroatoms. The van der Waals surface area contributed by atoms with Gasteiger partial charge in [0.05, 0.1) is 18.2 Å². The van der Waals surface area contributed by atoms with Crippen molar-refractivity contribution in [3.8, 4) is 11.5 Å². The summed E-state index contributed by atoms with van der Waals surface area (Å²) in [5.41, 5.74) is -0.796. The molecule has 0 radical (unpaired) electrons. The first-order valence-corrected chi connectivity index (χ1v) is 8.59. The van der Waals surface area contributed by atoms with E-state index >= 15 is 0 Å². The van der Waals surface area contributed by atoms with Crippen molar-refractivity contribution in [2.45, 2.75) is 25.1 Å². The van der Waals surface area contributed by atoms with Crippen LogP contribution in [0.5, 0.6) is 11.5 Å². The van der Waals surface area contributed by atoms with Crippen LogP contribution in [0.1, 0.15) is 24.5 Å². The molecule has 0 N–H and O–H groups in total. The fraction of sp³-hybridized carbons (Fsp3) is 0.238. The second kappa shape index (κ2) is 7.50. The number of nitrogens with zero attached hydrogens (tertiary/aromatic N) is 1. The second-order valence-electron chi connectivity index (χ2n) is 6.28. The molecule has 2 aromatic carbocycles. The van der Waals surface area contributed by atoms with Crippen LogP contribution in [0.2, 0.25) is 0 Å². The summed E-state index contributed by atoms with van der Waals surface area (Å²) >= 11 is 0. The van der Waals surface area contributed by atoms with Gasteiger partial charge in [-0.3, -0.25) is 4.99 Å². The van der Waals surface area contributed by atoms with E-state index in [1.165, 1.54) is 25.5 Å². The summed E-state index contributed by atoms with van der Waals surface area (Å²) in [6.07, 6.45) is -0.900. The molecule has 0 bridgehead atoms. The van der Waals surface area contributed by atoms with Crippen molar-refractivity contribution in [3.63, 3.8) is 0 Å². The number of carbonyl (C=O) groups is 1. The number of ether oxygens (including phenoxy) is 2. The molecule has 0 fully saturated rings. The van der Waals surface area contributed by atoms with Gasteiger partial charge in [0.1, 0.15) is 17.0 Å². The SMILES string of the molecule is CCC1(c2ccc(C(F)(F)F)cc2)C=C(C(=O)Oc2ccc(OC)cc2)C=N1. The zero-order chi connectivity index (χ0) is 20.4. The smallest absolute Gasteiger partial charge is 0.416 e. The van der Waals surface area contributed by atoms with Gasteiger partial charge in [-0.1, -0.05) is 19.1 Å². The lowest BCUT2D eigenvalue weighted by molar-refractivity contribution is -0.137. The molecule has 2 aromatic rings. The van der Waals surface area contributed by atoms with Gasteiger partial charge in [-0.25, -0.2) is 4.79 Å². The molecule has 0 spiro atoms. The number of aliphatic imine (C=N–C) groups is 1. The van der Waals surface area contributed by atoms with Gasteiger partial charge >= 0.3 is 12.1 Å². The van der Waals surface area contributed by atoms with E-state index in [0.717, 1.165) is 12.1 Å². The standard InChI is InChI=1S/C21H18F3NO3/c1-3-20(15-4-6-16(7-5-15)21(22,23)24)12-14(13-25-20)19(26)28-18-10-8-17(27-2)9-11-18/h4-13H,3H2,1-2H3. The Morgan fingerprint density at radius 3 is 2.18 bits per heavy atom. The van der Waals surface area contributed by atoms with Crippen LogP contribution in [0, 0.1) is 0 Å². The Labute approximate surface area is 160 Å². The van der Waals surface area contributed by atoms with Gasteiger partial charge in [-0.15, -0.1) is 0 Å². The van der Waals surface area contributed by atoms with E-state index in [0.29, 0.717) is 23.5 Å². The summed E-state index contributed by atoms with van der Waals surface area (Å²) in [4.78, 5) is 16.8. The van der Waals surface area contributed by atoms with Gasteiger partial charge in [-0.2, -0.15) is 13.2 Å². The minimum atomic E-state index is -4.40. The molecule has 1 aliphatic heterocycles. The average Bonchev–Trinajstić information content (AvgIpc) is 3.14. The first-order valence-electron chi connectivity index (χ1n) is 8.59. The summed E-state index contributed by atoms with van der Waals surface area (Å²) < 4.78 is 48.7. The highest BCUT2D eigenvalue weighted by atomic mass is 19.4. The number of benzene rings is 2. The van der Waals surface area contributed by atoms with Crippen LogP contribution in [0.4, 0.5) is 13.2 Å². The highest BCUT2D eigenvalue weighted by Crippen LogP contribution is 2.37. The average molecular weight is 389 g/mol. The van der Waals surface area contributed by atoms with Gasteiger partial charge in [0, 0.05) is 6.21 Å². The normalized spacial score (nSPS) is 18.7. The lowest BCUT2D eigenvalue weighted by Crippen LogP contribution is -2.19. The summed E-state index contributed by atoms with van der Waals surface area (Å²) in [6.45, 7) is 1.85. The Morgan fingerprint density at radius 2 is 1.64 bits per heavy atom. The van der Waals surface area contributed by atoms with Crippen LogP contribution in [0.15, 0.2) is 65.2 Å². The molecule has 0 aromatic heterocycles. The maximum Gasteiger partial charge on any atom is 0.416 e. The van der Waals surface area contributed by atoms with Gasteiger partial charge < -0.3 is 9.47 Å². The Bertz CT molecular complexity index is 915. The van der Waals surface area contributed by atoms with Crippen LogP contribution in [-0.2, 0) is 16.5 Å². The minimum absolute atomic E-state index is 0.248. The summed E-state index contributed by atoms with van der Waals surface area (Å²) in [5, 5.41) is 0. The fourth-order valence-electron chi connectivity index (χ4n) is 2.94. The number of methoxy groups -OCH3 is 1. The fourth-order valence-corrected chi connectivity index (χ4v) is 2.94. The zero-order valence-corrected chi connectivity index (χ0v) is 15.3. The van der Waals surface area contributed by atoms with E-state index in [2.05, 4.69) is 4.99 Å². The van der Waals surface area contributed by atoms with Crippen LogP contribution in [0.3, 0.4) is 0 Å². The molecule has 1 atom stereocenters.